The largest absolute Gasteiger partial charge is 0.355 e. The van der Waals surface area contributed by atoms with Crippen molar-refractivity contribution in [3.05, 3.63) is 18.3 Å². The summed E-state index contributed by atoms with van der Waals surface area (Å²) >= 11 is 0. The molecule has 0 spiro atoms. The molecule has 1 aliphatic carbocycles. The number of hydrogen-bond acceptors (Lipinski definition) is 5. The van der Waals surface area contributed by atoms with E-state index in [0.717, 1.165) is 57.6 Å². The molecular formula is C18H26N4O3S. The van der Waals surface area contributed by atoms with Crippen molar-refractivity contribution in [2.24, 2.45) is 5.92 Å². The van der Waals surface area contributed by atoms with E-state index in [4.69, 9.17) is 0 Å². The number of hydrogen-bond donors (Lipinski definition) is 0. The van der Waals surface area contributed by atoms with Crippen LogP contribution in [-0.4, -0.2) is 67.8 Å². The van der Waals surface area contributed by atoms with Gasteiger partial charge in [-0.25, -0.2) is 13.4 Å². The summed E-state index contributed by atoms with van der Waals surface area (Å²) in [5.74, 6) is 1.34. The van der Waals surface area contributed by atoms with Gasteiger partial charge in [-0.2, -0.15) is 4.31 Å². The third-order valence-corrected chi connectivity index (χ3v) is 7.36. The minimum atomic E-state index is -3.42. The Morgan fingerprint density at radius 3 is 2.38 bits per heavy atom. The molecule has 3 aliphatic rings. The van der Waals surface area contributed by atoms with Gasteiger partial charge in [-0.15, -0.1) is 0 Å². The van der Waals surface area contributed by atoms with Crippen LogP contribution in [0.4, 0.5) is 5.82 Å². The Labute approximate surface area is 155 Å². The molecule has 3 fully saturated rings. The molecule has 142 valence electrons. The predicted octanol–water partition coefficient (Wildman–Crippen LogP) is 1.31. The zero-order valence-electron chi connectivity index (χ0n) is 15.0. The monoisotopic (exact) mass is 378 g/mol. The number of carbonyl (C=O) groups excluding carboxylic acids is 1. The van der Waals surface area contributed by atoms with E-state index in [9.17, 15) is 13.2 Å². The molecule has 26 heavy (non-hydrogen) atoms. The van der Waals surface area contributed by atoms with Gasteiger partial charge >= 0.3 is 0 Å². The van der Waals surface area contributed by atoms with Crippen LogP contribution >= 0.6 is 0 Å². The van der Waals surface area contributed by atoms with Crippen molar-refractivity contribution in [1.82, 2.24) is 14.2 Å². The van der Waals surface area contributed by atoms with E-state index < -0.39 is 10.0 Å². The summed E-state index contributed by atoms with van der Waals surface area (Å²) in [4.78, 5) is 21.1. The maximum absolute atomic E-state index is 12.6. The molecule has 3 heterocycles. The maximum Gasteiger partial charge on any atom is 0.244 e. The van der Waals surface area contributed by atoms with Crippen molar-refractivity contribution >= 4 is 21.7 Å². The fourth-order valence-corrected chi connectivity index (χ4v) is 5.21. The number of aromatic nitrogens is 1. The molecule has 1 aromatic heterocycles. The van der Waals surface area contributed by atoms with E-state index in [1.165, 1.54) is 10.5 Å². The lowest BCUT2D eigenvalue weighted by Gasteiger charge is -2.23. The standard InChI is InChI=1S/C18H26N4O3S/c23-18(15-4-5-15)21-9-3-8-20(12-13-21)17-7-6-16(14-19-17)26(24,25)22-10-1-2-11-22/h6-7,14-15H,1-5,8-13H2. The van der Waals surface area contributed by atoms with Gasteiger partial charge in [-0.1, -0.05) is 0 Å². The normalized spacial score (nSPS) is 22.5. The van der Waals surface area contributed by atoms with Crippen molar-refractivity contribution in [1.29, 1.82) is 0 Å². The molecule has 2 saturated heterocycles. The predicted molar refractivity (Wildman–Crippen MR) is 98.4 cm³/mol. The molecule has 1 saturated carbocycles. The summed E-state index contributed by atoms with van der Waals surface area (Å²) in [6.07, 6.45) is 6.30. The summed E-state index contributed by atoms with van der Waals surface area (Å²) in [5.41, 5.74) is 0. The average Bonchev–Trinajstić information content (AvgIpc) is 3.41. The molecule has 1 aromatic rings. The Hall–Kier alpha value is -1.67. The first-order valence-electron chi connectivity index (χ1n) is 9.56. The number of carbonyl (C=O) groups is 1. The van der Waals surface area contributed by atoms with E-state index in [2.05, 4.69) is 9.88 Å². The Morgan fingerprint density at radius 1 is 0.962 bits per heavy atom. The van der Waals surface area contributed by atoms with Gasteiger partial charge < -0.3 is 9.80 Å². The first-order valence-corrected chi connectivity index (χ1v) is 11.0. The molecule has 0 bridgehead atoms. The van der Waals surface area contributed by atoms with E-state index in [0.29, 0.717) is 25.5 Å². The molecule has 0 atom stereocenters. The molecular weight excluding hydrogens is 352 g/mol. The fraction of sp³-hybridized carbons (Fsp3) is 0.667. The lowest BCUT2D eigenvalue weighted by Crippen LogP contribution is -2.36. The number of nitrogens with zero attached hydrogens (tertiary/aromatic N) is 4. The van der Waals surface area contributed by atoms with Gasteiger partial charge in [0.15, 0.2) is 0 Å². The number of rotatable bonds is 4. The number of sulfonamides is 1. The average molecular weight is 378 g/mol. The van der Waals surface area contributed by atoms with Gasteiger partial charge in [0.25, 0.3) is 0 Å². The molecule has 0 radical (unpaired) electrons. The highest BCUT2D eigenvalue weighted by Gasteiger charge is 2.34. The molecule has 1 amide bonds. The van der Waals surface area contributed by atoms with Crippen LogP contribution in [0.1, 0.15) is 32.1 Å². The molecule has 2 aliphatic heterocycles. The minimum Gasteiger partial charge on any atom is -0.355 e. The highest BCUT2D eigenvalue weighted by atomic mass is 32.2. The summed E-state index contributed by atoms with van der Waals surface area (Å²) in [6.45, 7) is 4.28. The lowest BCUT2D eigenvalue weighted by atomic mass is 10.3. The molecule has 7 nitrogen and oxygen atoms in total. The third-order valence-electron chi connectivity index (χ3n) is 5.48. The highest BCUT2D eigenvalue weighted by molar-refractivity contribution is 7.89. The van der Waals surface area contributed by atoms with Crippen LogP contribution in [0, 0.1) is 5.92 Å². The van der Waals surface area contributed by atoms with Crippen LogP contribution in [0.3, 0.4) is 0 Å². The summed E-state index contributed by atoms with van der Waals surface area (Å²) in [7, 11) is -3.42. The van der Waals surface area contributed by atoms with E-state index >= 15 is 0 Å². The van der Waals surface area contributed by atoms with Crippen LogP contribution in [0.15, 0.2) is 23.2 Å². The van der Waals surface area contributed by atoms with Gasteiger partial charge in [0.1, 0.15) is 10.7 Å². The molecule has 8 heteroatoms. The van der Waals surface area contributed by atoms with Crippen molar-refractivity contribution in [3.63, 3.8) is 0 Å². The Bertz CT molecular complexity index is 755. The summed E-state index contributed by atoms with van der Waals surface area (Å²) < 4.78 is 26.7. The Kier molecular flexibility index (Phi) is 4.88. The van der Waals surface area contributed by atoms with Gasteiger partial charge in [0.2, 0.25) is 15.9 Å². The fourth-order valence-electron chi connectivity index (χ4n) is 3.75. The van der Waals surface area contributed by atoms with Crippen LogP contribution < -0.4 is 4.90 Å². The zero-order chi connectivity index (χ0) is 18.1. The minimum absolute atomic E-state index is 0.259. The van der Waals surface area contributed by atoms with E-state index in [1.54, 1.807) is 12.1 Å². The SMILES string of the molecule is O=C(C1CC1)N1CCCN(c2ccc(S(=O)(=O)N3CCCC3)cn2)CC1. The molecule has 0 unspecified atom stereocenters. The summed E-state index contributed by atoms with van der Waals surface area (Å²) in [5, 5.41) is 0. The number of amides is 1. The van der Waals surface area contributed by atoms with Crippen LogP contribution in [0.2, 0.25) is 0 Å². The maximum atomic E-state index is 12.6. The van der Waals surface area contributed by atoms with Crippen LogP contribution in [0.25, 0.3) is 0 Å². The van der Waals surface area contributed by atoms with Gasteiger partial charge in [0.05, 0.1) is 0 Å². The third kappa shape index (κ3) is 3.57. The van der Waals surface area contributed by atoms with E-state index in [-0.39, 0.29) is 10.8 Å². The van der Waals surface area contributed by atoms with Gasteiger partial charge in [-0.05, 0) is 44.2 Å². The van der Waals surface area contributed by atoms with Crippen molar-refractivity contribution in [2.75, 3.05) is 44.2 Å². The van der Waals surface area contributed by atoms with Crippen molar-refractivity contribution in [3.8, 4) is 0 Å². The Balaban J connectivity index is 1.42. The number of anilines is 1. The quantitative estimate of drug-likeness (QED) is 0.790. The lowest BCUT2D eigenvalue weighted by molar-refractivity contribution is -0.132. The van der Waals surface area contributed by atoms with Crippen molar-refractivity contribution < 1.29 is 13.2 Å². The van der Waals surface area contributed by atoms with Gasteiger partial charge in [-0.3, -0.25) is 4.79 Å². The van der Waals surface area contributed by atoms with Crippen LogP contribution in [-0.2, 0) is 14.8 Å². The number of pyridine rings is 1. The van der Waals surface area contributed by atoms with E-state index in [1.807, 2.05) is 4.90 Å². The first kappa shape index (κ1) is 17.7. The summed E-state index contributed by atoms with van der Waals surface area (Å²) in [6, 6.07) is 3.45. The topological polar surface area (TPSA) is 73.8 Å². The zero-order valence-corrected chi connectivity index (χ0v) is 15.8. The molecule has 4 rings (SSSR count). The second-order valence-corrected chi connectivity index (χ2v) is 9.34. The Morgan fingerprint density at radius 2 is 1.73 bits per heavy atom. The van der Waals surface area contributed by atoms with Crippen LogP contribution in [0.5, 0.6) is 0 Å². The smallest absolute Gasteiger partial charge is 0.244 e. The molecule has 0 N–H and O–H groups in total. The van der Waals surface area contributed by atoms with Gasteiger partial charge in [0, 0.05) is 51.4 Å². The highest BCUT2D eigenvalue weighted by Crippen LogP contribution is 2.31. The second kappa shape index (κ2) is 7.15. The first-order chi connectivity index (χ1) is 12.6. The van der Waals surface area contributed by atoms with Crippen molar-refractivity contribution in [2.45, 2.75) is 37.0 Å². The molecule has 0 aromatic carbocycles. The second-order valence-electron chi connectivity index (χ2n) is 7.40.